The van der Waals surface area contributed by atoms with Crippen LogP contribution in [0.4, 0.5) is 0 Å². The zero-order valence-electron chi connectivity index (χ0n) is 20.2. The Morgan fingerprint density at radius 2 is 1.67 bits per heavy atom. The van der Waals surface area contributed by atoms with Gasteiger partial charge in [0.25, 0.3) is 5.91 Å². The van der Waals surface area contributed by atoms with Crippen molar-refractivity contribution in [1.82, 2.24) is 14.8 Å². The molecule has 1 aromatic heterocycles. The van der Waals surface area contributed by atoms with E-state index < -0.39 is 0 Å². The first kappa shape index (κ1) is 23.4. The summed E-state index contributed by atoms with van der Waals surface area (Å²) in [6.45, 7) is 10.3. The van der Waals surface area contributed by atoms with E-state index in [1.54, 1.807) is 0 Å². The van der Waals surface area contributed by atoms with Crippen LogP contribution in [0.15, 0.2) is 54.6 Å². The van der Waals surface area contributed by atoms with Gasteiger partial charge in [-0.25, -0.2) is 4.98 Å². The van der Waals surface area contributed by atoms with E-state index in [1.165, 1.54) is 0 Å². The van der Waals surface area contributed by atoms with Crippen LogP contribution in [0.5, 0.6) is 0 Å². The molecule has 3 aromatic rings. The van der Waals surface area contributed by atoms with Crippen LogP contribution in [-0.4, -0.2) is 57.6 Å². The summed E-state index contributed by atoms with van der Waals surface area (Å²) in [5.41, 5.74) is 4.29. The standard InChI is InChI=1S/C28H35N3O2/c1-19(2)31(20(3)4)28(33)24-17-26(21-10-6-5-7-11-21)29-25-13-12-22(16-23(24)25)27(18-32)30-14-8-9-15-30/h5-7,10-13,16-17,19-20,27,32H,8-9,14-15,18H2,1-4H3. The lowest BCUT2D eigenvalue weighted by Gasteiger charge is -2.31. The van der Waals surface area contributed by atoms with Crippen molar-refractivity contribution in [3.63, 3.8) is 0 Å². The number of benzene rings is 2. The summed E-state index contributed by atoms with van der Waals surface area (Å²) in [5, 5.41) is 11.0. The Labute approximate surface area is 197 Å². The third kappa shape index (κ3) is 4.80. The van der Waals surface area contributed by atoms with Crippen LogP contribution < -0.4 is 0 Å². The van der Waals surface area contributed by atoms with Crippen LogP contribution in [0, 0.1) is 0 Å². The van der Waals surface area contributed by atoms with Crippen molar-refractivity contribution < 1.29 is 9.90 Å². The van der Waals surface area contributed by atoms with Crippen LogP contribution in [0.25, 0.3) is 22.2 Å². The average molecular weight is 446 g/mol. The molecule has 1 unspecified atom stereocenters. The predicted octanol–water partition coefficient (Wildman–Crippen LogP) is 5.29. The van der Waals surface area contributed by atoms with Gasteiger partial charge in [0.1, 0.15) is 0 Å². The van der Waals surface area contributed by atoms with Crippen LogP contribution in [0.3, 0.4) is 0 Å². The molecule has 0 spiro atoms. The van der Waals surface area contributed by atoms with E-state index in [0.29, 0.717) is 5.56 Å². The number of hydrogen-bond donors (Lipinski definition) is 1. The maximum atomic E-state index is 13.9. The van der Waals surface area contributed by atoms with Gasteiger partial charge >= 0.3 is 0 Å². The lowest BCUT2D eigenvalue weighted by Crippen LogP contribution is -2.42. The van der Waals surface area contributed by atoms with E-state index in [9.17, 15) is 9.90 Å². The molecule has 1 N–H and O–H groups in total. The number of pyridine rings is 1. The zero-order chi connectivity index (χ0) is 23.5. The maximum Gasteiger partial charge on any atom is 0.255 e. The maximum absolute atomic E-state index is 13.9. The Morgan fingerprint density at radius 3 is 2.27 bits per heavy atom. The number of aromatic nitrogens is 1. The Bertz CT molecular complexity index is 1100. The number of carbonyl (C=O) groups excluding carboxylic acids is 1. The molecule has 0 radical (unpaired) electrons. The number of nitrogens with zero attached hydrogens (tertiary/aromatic N) is 3. The van der Waals surface area contributed by atoms with Gasteiger partial charge in [0.2, 0.25) is 0 Å². The molecule has 0 saturated carbocycles. The molecule has 4 rings (SSSR count). The Hall–Kier alpha value is -2.76. The number of fused-ring (bicyclic) bond motifs is 1. The molecule has 5 nitrogen and oxygen atoms in total. The van der Waals surface area contributed by atoms with Crippen molar-refractivity contribution in [3.8, 4) is 11.3 Å². The summed E-state index contributed by atoms with van der Waals surface area (Å²) >= 11 is 0. The molecule has 1 aliphatic rings. The van der Waals surface area contributed by atoms with Gasteiger partial charge in [0.05, 0.1) is 29.4 Å². The third-order valence-electron chi connectivity index (χ3n) is 6.62. The highest BCUT2D eigenvalue weighted by Gasteiger charge is 2.27. The van der Waals surface area contributed by atoms with E-state index in [0.717, 1.165) is 53.7 Å². The topological polar surface area (TPSA) is 56.7 Å². The molecule has 0 aliphatic carbocycles. The first-order valence-electron chi connectivity index (χ1n) is 12.1. The van der Waals surface area contributed by atoms with E-state index in [1.807, 2.05) is 47.4 Å². The summed E-state index contributed by atoms with van der Waals surface area (Å²) in [6, 6.07) is 18.2. The molecule has 1 atom stereocenters. The number of rotatable bonds is 7. The van der Waals surface area contributed by atoms with E-state index in [4.69, 9.17) is 4.98 Å². The van der Waals surface area contributed by atoms with Crippen LogP contribution >= 0.6 is 0 Å². The van der Waals surface area contributed by atoms with Crippen molar-refractivity contribution in [2.24, 2.45) is 0 Å². The summed E-state index contributed by atoms with van der Waals surface area (Å²) in [7, 11) is 0. The minimum atomic E-state index is -0.0556. The molecule has 1 saturated heterocycles. The minimum Gasteiger partial charge on any atom is -0.394 e. The SMILES string of the molecule is CC(C)N(C(=O)c1cc(-c2ccccc2)nc2ccc(C(CO)N3CCCC3)cc12)C(C)C. The molecule has 33 heavy (non-hydrogen) atoms. The van der Waals surface area contributed by atoms with Crippen molar-refractivity contribution in [2.75, 3.05) is 19.7 Å². The van der Waals surface area contributed by atoms with Crippen LogP contribution in [0.1, 0.15) is 62.5 Å². The average Bonchev–Trinajstić information content (AvgIpc) is 3.33. The fraction of sp³-hybridized carbons (Fsp3) is 0.429. The first-order chi connectivity index (χ1) is 15.9. The van der Waals surface area contributed by atoms with Gasteiger partial charge < -0.3 is 10.0 Å². The Kier molecular flexibility index (Phi) is 7.11. The second-order valence-corrected chi connectivity index (χ2v) is 9.54. The summed E-state index contributed by atoms with van der Waals surface area (Å²) in [4.78, 5) is 23.1. The summed E-state index contributed by atoms with van der Waals surface area (Å²) in [5.74, 6) is 0.0171. The van der Waals surface area contributed by atoms with Gasteiger partial charge in [-0.2, -0.15) is 0 Å². The number of aliphatic hydroxyl groups is 1. The fourth-order valence-corrected chi connectivity index (χ4v) is 5.07. The second kappa shape index (κ2) is 10.0. The minimum absolute atomic E-state index is 0.0171. The monoisotopic (exact) mass is 445 g/mol. The molecule has 1 fully saturated rings. The quantitative estimate of drug-likeness (QED) is 0.537. The largest absolute Gasteiger partial charge is 0.394 e. The van der Waals surface area contributed by atoms with Gasteiger partial charge in [0, 0.05) is 23.0 Å². The highest BCUT2D eigenvalue weighted by Crippen LogP contribution is 2.31. The van der Waals surface area contributed by atoms with Gasteiger partial charge in [-0.15, -0.1) is 0 Å². The summed E-state index contributed by atoms with van der Waals surface area (Å²) < 4.78 is 0. The smallest absolute Gasteiger partial charge is 0.255 e. The number of aliphatic hydroxyl groups excluding tert-OH is 1. The highest BCUT2D eigenvalue weighted by molar-refractivity contribution is 6.07. The van der Waals surface area contributed by atoms with Crippen LogP contribution in [-0.2, 0) is 0 Å². The van der Waals surface area contributed by atoms with Gasteiger partial charge in [-0.05, 0) is 77.4 Å². The van der Waals surface area contributed by atoms with E-state index in [2.05, 4.69) is 44.7 Å². The Balaban J connectivity index is 1.89. The predicted molar refractivity (Wildman–Crippen MR) is 134 cm³/mol. The summed E-state index contributed by atoms with van der Waals surface area (Å²) in [6.07, 6.45) is 2.32. The molecular formula is C28H35N3O2. The van der Waals surface area contributed by atoms with Crippen molar-refractivity contribution in [1.29, 1.82) is 0 Å². The van der Waals surface area contributed by atoms with E-state index >= 15 is 0 Å². The molecule has 2 aromatic carbocycles. The lowest BCUT2D eigenvalue weighted by atomic mass is 9.97. The molecule has 5 heteroatoms. The second-order valence-electron chi connectivity index (χ2n) is 9.54. The van der Waals surface area contributed by atoms with Gasteiger partial charge in [-0.1, -0.05) is 36.4 Å². The Morgan fingerprint density at radius 1 is 1.00 bits per heavy atom. The first-order valence-corrected chi connectivity index (χ1v) is 12.1. The van der Waals surface area contributed by atoms with Gasteiger partial charge in [0.15, 0.2) is 0 Å². The number of carbonyl (C=O) groups is 1. The highest BCUT2D eigenvalue weighted by atomic mass is 16.3. The van der Waals surface area contributed by atoms with Crippen molar-refractivity contribution >= 4 is 16.8 Å². The molecule has 1 aliphatic heterocycles. The number of likely N-dealkylation sites (tertiary alicyclic amines) is 1. The van der Waals surface area contributed by atoms with Crippen LogP contribution in [0.2, 0.25) is 0 Å². The fourth-order valence-electron chi connectivity index (χ4n) is 5.07. The van der Waals surface area contributed by atoms with Gasteiger partial charge in [-0.3, -0.25) is 9.69 Å². The number of hydrogen-bond acceptors (Lipinski definition) is 4. The van der Waals surface area contributed by atoms with E-state index in [-0.39, 0.29) is 30.6 Å². The van der Waals surface area contributed by atoms with Crippen molar-refractivity contribution in [2.45, 2.75) is 58.7 Å². The normalized spacial score (nSPS) is 15.5. The lowest BCUT2D eigenvalue weighted by molar-refractivity contribution is 0.0646. The number of amides is 1. The molecular weight excluding hydrogens is 410 g/mol. The third-order valence-corrected chi connectivity index (χ3v) is 6.62. The molecule has 174 valence electrons. The van der Waals surface area contributed by atoms with Crippen molar-refractivity contribution in [3.05, 3.63) is 65.7 Å². The molecule has 0 bridgehead atoms. The zero-order valence-corrected chi connectivity index (χ0v) is 20.2. The molecule has 1 amide bonds. The molecule has 2 heterocycles.